The van der Waals surface area contributed by atoms with Crippen LogP contribution in [0.15, 0.2) is 0 Å². The third kappa shape index (κ3) is 5.75. The summed E-state index contributed by atoms with van der Waals surface area (Å²) in [5, 5.41) is 0. The molecule has 0 radical (unpaired) electrons. The van der Waals surface area contributed by atoms with E-state index in [-0.39, 0.29) is 0 Å². The van der Waals surface area contributed by atoms with Crippen molar-refractivity contribution in [3.05, 3.63) is 0 Å². The fraction of sp³-hybridized carbons (Fsp3) is 0.667. The Bertz CT molecular complexity index is 66.0. The van der Waals surface area contributed by atoms with Gasteiger partial charge in [-0.3, -0.25) is 4.79 Å². The van der Waals surface area contributed by atoms with Crippen LogP contribution in [-0.2, 0) is 8.98 Å². The molecule has 0 N–H and O–H groups in total. The molecule has 0 aromatic carbocycles. The summed E-state index contributed by atoms with van der Waals surface area (Å²) in [5.41, 5.74) is 0. The Labute approximate surface area is 45.2 Å². The van der Waals surface area contributed by atoms with Crippen molar-refractivity contribution in [1.29, 1.82) is 0 Å². The van der Waals surface area contributed by atoms with E-state index < -0.39 is 12.0 Å². The topological polar surface area (TPSA) is 26.3 Å². The van der Waals surface area contributed by atoms with Crippen molar-refractivity contribution in [2.45, 2.75) is 6.92 Å². The van der Waals surface area contributed by atoms with Crippen LogP contribution >= 0.6 is 12.0 Å². The first-order valence-corrected chi connectivity index (χ1v) is 2.54. The van der Waals surface area contributed by atoms with E-state index in [1.165, 1.54) is 6.92 Å². The third-order valence-corrected chi connectivity index (χ3v) is 0.662. The summed E-state index contributed by atoms with van der Waals surface area (Å²) in [6, 6.07) is -0.681. The average Bonchev–Trinajstić information content (AvgIpc) is 1.61. The van der Waals surface area contributed by atoms with Crippen LogP contribution in [0.4, 0.5) is 4.39 Å². The maximum Gasteiger partial charge on any atom is 0.314 e. The summed E-state index contributed by atoms with van der Waals surface area (Å²) in [6.07, 6.45) is 0. The van der Waals surface area contributed by atoms with Crippen LogP contribution < -0.4 is 0 Å². The van der Waals surface area contributed by atoms with Gasteiger partial charge in [-0.25, -0.2) is 4.39 Å². The van der Waals surface area contributed by atoms with E-state index >= 15 is 0 Å². The Balaban J connectivity index is 2.82. The molecule has 0 unspecified atom stereocenters. The monoisotopic (exact) mass is 124 g/mol. The summed E-state index contributed by atoms with van der Waals surface area (Å²) < 4.78 is 15.1. The second-order valence-electron chi connectivity index (χ2n) is 0.802. The predicted molar refractivity (Wildman–Crippen MR) is 25.3 cm³/mol. The lowest BCUT2D eigenvalue weighted by Crippen LogP contribution is -1.88. The largest absolute Gasteiger partial charge is 0.389 e. The van der Waals surface area contributed by atoms with Gasteiger partial charge in [-0.15, -0.1) is 0 Å². The smallest absolute Gasteiger partial charge is 0.314 e. The van der Waals surface area contributed by atoms with Crippen LogP contribution in [0.25, 0.3) is 0 Å². The highest BCUT2D eigenvalue weighted by atomic mass is 32.2. The molecule has 0 bridgehead atoms. The van der Waals surface area contributed by atoms with Crippen molar-refractivity contribution in [2.24, 2.45) is 0 Å². The normalized spacial score (nSPS) is 8.29. The van der Waals surface area contributed by atoms with E-state index in [0.29, 0.717) is 12.0 Å². The molecule has 0 saturated carbocycles. The van der Waals surface area contributed by atoms with Gasteiger partial charge in [0.25, 0.3) is 0 Å². The lowest BCUT2D eigenvalue weighted by molar-refractivity contribution is -0.130. The Hall–Kier alpha value is -0.250. The van der Waals surface area contributed by atoms with Crippen molar-refractivity contribution in [2.75, 3.05) is 6.01 Å². The fourth-order valence-corrected chi connectivity index (χ4v) is 0.316. The van der Waals surface area contributed by atoms with Crippen LogP contribution in [0, 0.1) is 0 Å². The standard InChI is InChI=1S/C3H5FO2S/c1-3(5)6-7-2-4/h2H2,1H3. The maximum atomic E-state index is 11.0. The molecular weight excluding hydrogens is 119 g/mol. The number of carbonyl (C=O) groups excluding carboxylic acids is 1. The molecule has 0 fully saturated rings. The van der Waals surface area contributed by atoms with Crippen LogP contribution in [0.3, 0.4) is 0 Å². The highest BCUT2D eigenvalue weighted by Crippen LogP contribution is 2.00. The van der Waals surface area contributed by atoms with Crippen LogP contribution in [0.5, 0.6) is 0 Å². The van der Waals surface area contributed by atoms with E-state index in [1.807, 2.05) is 0 Å². The second kappa shape index (κ2) is 3.92. The molecule has 42 valence electrons. The molecule has 0 aromatic heterocycles. The zero-order chi connectivity index (χ0) is 5.70. The number of halogens is 1. The van der Waals surface area contributed by atoms with E-state index in [2.05, 4.69) is 4.18 Å². The third-order valence-electron chi connectivity index (χ3n) is 0.221. The zero-order valence-corrected chi connectivity index (χ0v) is 4.63. The lowest BCUT2D eigenvalue weighted by Gasteiger charge is -1.89. The summed E-state index contributed by atoms with van der Waals surface area (Å²) >= 11 is 0.500. The maximum absolute atomic E-state index is 11.0. The van der Waals surface area contributed by atoms with Crippen LogP contribution in [-0.4, -0.2) is 12.0 Å². The minimum absolute atomic E-state index is 0.470. The fourth-order valence-electron chi connectivity index (χ4n) is 0.105. The summed E-state index contributed by atoms with van der Waals surface area (Å²) in [4.78, 5) is 9.79. The quantitative estimate of drug-likeness (QED) is 0.516. The number of alkyl halides is 1. The summed E-state index contributed by atoms with van der Waals surface area (Å²) in [6.45, 7) is 1.22. The van der Waals surface area contributed by atoms with E-state index in [4.69, 9.17) is 0 Å². The molecular formula is C3H5FO2S. The van der Waals surface area contributed by atoms with Gasteiger partial charge in [0.15, 0.2) is 6.01 Å². The number of rotatable bonds is 2. The van der Waals surface area contributed by atoms with Gasteiger partial charge >= 0.3 is 5.97 Å². The second-order valence-corrected chi connectivity index (χ2v) is 1.42. The predicted octanol–water partition coefficient (Wildman–Crippen LogP) is 1.12. The minimum atomic E-state index is -0.681. The highest BCUT2D eigenvalue weighted by Gasteiger charge is 1.89. The molecule has 7 heavy (non-hydrogen) atoms. The van der Waals surface area contributed by atoms with E-state index in [1.54, 1.807) is 0 Å². The molecule has 0 aliphatic rings. The number of hydrogen-bond donors (Lipinski definition) is 0. The highest BCUT2D eigenvalue weighted by molar-refractivity contribution is 7.94. The van der Waals surface area contributed by atoms with Crippen LogP contribution in [0.1, 0.15) is 6.92 Å². The summed E-state index contributed by atoms with van der Waals surface area (Å²) in [7, 11) is 0. The van der Waals surface area contributed by atoms with Gasteiger partial charge in [-0.1, -0.05) is 0 Å². The Morgan fingerprint density at radius 2 is 2.57 bits per heavy atom. The van der Waals surface area contributed by atoms with Crippen molar-refractivity contribution >= 4 is 18.0 Å². The molecule has 0 spiro atoms. The van der Waals surface area contributed by atoms with Gasteiger partial charge in [0.1, 0.15) is 0 Å². The first-order chi connectivity index (χ1) is 3.27. The van der Waals surface area contributed by atoms with Crippen molar-refractivity contribution in [3.63, 3.8) is 0 Å². The van der Waals surface area contributed by atoms with Crippen LogP contribution in [0.2, 0.25) is 0 Å². The van der Waals surface area contributed by atoms with Gasteiger partial charge in [0.2, 0.25) is 0 Å². The Kier molecular flexibility index (Phi) is 3.78. The van der Waals surface area contributed by atoms with E-state index in [0.717, 1.165) is 0 Å². The number of carbonyl (C=O) groups is 1. The van der Waals surface area contributed by atoms with E-state index in [9.17, 15) is 9.18 Å². The van der Waals surface area contributed by atoms with Gasteiger partial charge < -0.3 is 4.18 Å². The lowest BCUT2D eigenvalue weighted by atomic mass is 10.9. The molecule has 0 atom stereocenters. The molecule has 4 heteroatoms. The van der Waals surface area contributed by atoms with Gasteiger partial charge in [0, 0.05) is 6.92 Å². The van der Waals surface area contributed by atoms with Gasteiger partial charge in [-0.2, -0.15) is 0 Å². The molecule has 0 aliphatic heterocycles. The molecule has 0 amide bonds. The van der Waals surface area contributed by atoms with Gasteiger partial charge in [-0.05, 0) is 0 Å². The molecule has 0 aromatic rings. The first-order valence-electron chi connectivity index (χ1n) is 1.63. The van der Waals surface area contributed by atoms with Crippen molar-refractivity contribution in [3.8, 4) is 0 Å². The molecule has 0 saturated heterocycles. The SMILES string of the molecule is CC(=O)OSCF. The zero-order valence-electron chi connectivity index (χ0n) is 3.81. The minimum Gasteiger partial charge on any atom is -0.389 e. The first kappa shape index (κ1) is 6.75. The van der Waals surface area contributed by atoms with Crippen molar-refractivity contribution in [1.82, 2.24) is 0 Å². The molecule has 2 nitrogen and oxygen atoms in total. The average molecular weight is 124 g/mol. The molecule has 0 heterocycles. The molecule has 0 rings (SSSR count). The summed E-state index contributed by atoms with van der Waals surface area (Å²) in [5.74, 6) is -0.470. The Morgan fingerprint density at radius 3 is 2.71 bits per heavy atom. The van der Waals surface area contributed by atoms with Crippen molar-refractivity contribution < 1.29 is 13.4 Å². The van der Waals surface area contributed by atoms with Gasteiger partial charge in [0.05, 0.1) is 12.0 Å². The number of hydrogen-bond acceptors (Lipinski definition) is 3. The molecule has 0 aliphatic carbocycles. The Morgan fingerprint density at radius 1 is 2.00 bits per heavy atom.